The van der Waals surface area contributed by atoms with Crippen LogP contribution in [-0.2, 0) is 6.61 Å². The Bertz CT molecular complexity index is 562. The summed E-state index contributed by atoms with van der Waals surface area (Å²) < 4.78 is 5.69. The molecule has 21 heavy (non-hydrogen) atoms. The number of ketones is 1. The van der Waals surface area contributed by atoms with Crippen molar-refractivity contribution in [2.45, 2.75) is 32.4 Å². The molecule has 0 saturated carbocycles. The second-order valence-corrected chi connectivity index (χ2v) is 5.24. The molecule has 0 amide bonds. The fraction of sp³-hybridized carbons (Fsp3) is 0.278. The molecule has 2 aromatic rings. The molecule has 0 bridgehead atoms. The van der Waals surface area contributed by atoms with E-state index in [0.717, 1.165) is 11.3 Å². The molecule has 110 valence electrons. The van der Waals surface area contributed by atoms with Crippen LogP contribution in [0, 0.1) is 0 Å². The SMILES string of the molecule is C[C@@H](N)CCC(=O)c1ccc(OCc2ccccc2)cc1. The molecule has 3 nitrogen and oxygen atoms in total. The van der Waals surface area contributed by atoms with Crippen molar-refractivity contribution in [2.24, 2.45) is 5.73 Å². The zero-order chi connectivity index (χ0) is 15.1. The summed E-state index contributed by atoms with van der Waals surface area (Å²) in [4.78, 5) is 11.9. The monoisotopic (exact) mass is 283 g/mol. The Morgan fingerprint density at radius 2 is 1.76 bits per heavy atom. The highest BCUT2D eigenvalue weighted by atomic mass is 16.5. The van der Waals surface area contributed by atoms with Crippen molar-refractivity contribution in [1.29, 1.82) is 0 Å². The lowest BCUT2D eigenvalue weighted by molar-refractivity contribution is 0.0978. The summed E-state index contributed by atoms with van der Waals surface area (Å²) in [5, 5.41) is 0. The minimum Gasteiger partial charge on any atom is -0.489 e. The highest BCUT2D eigenvalue weighted by Gasteiger charge is 2.07. The zero-order valence-electron chi connectivity index (χ0n) is 12.3. The van der Waals surface area contributed by atoms with Crippen molar-refractivity contribution >= 4 is 5.78 Å². The van der Waals surface area contributed by atoms with Crippen molar-refractivity contribution in [2.75, 3.05) is 0 Å². The summed E-state index contributed by atoms with van der Waals surface area (Å²) in [7, 11) is 0. The molecule has 0 aliphatic heterocycles. The van der Waals surface area contributed by atoms with E-state index in [4.69, 9.17) is 10.5 Å². The largest absolute Gasteiger partial charge is 0.489 e. The van der Waals surface area contributed by atoms with Crippen LogP contribution in [0.25, 0.3) is 0 Å². The second-order valence-electron chi connectivity index (χ2n) is 5.24. The van der Waals surface area contributed by atoms with E-state index in [1.807, 2.05) is 61.5 Å². The maximum absolute atomic E-state index is 11.9. The van der Waals surface area contributed by atoms with Gasteiger partial charge in [-0.05, 0) is 43.2 Å². The van der Waals surface area contributed by atoms with Gasteiger partial charge < -0.3 is 10.5 Å². The number of benzene rings is 2. The van der Waals surface area contributed by atoms with E-state index in [-0.39, 0.29) is 11.8 Å². The van der Waals surface area contributed by atoms with Gasteiger partial charge in [-0.2, -0.15) is 0 Å². The van der Waals surface area contributed by atoms with Crippen molar-refractivity contribution in [3.63, 3.8) is 0 Å². The minimum atomic E-state index is 0.0578. The van der Waals surface area contributed by atoms with E-state index >= 15 is 0 Å². The van der Waals surface area contributed by atoms with E-state index in [2.05, 4.69) is 0 Å². The molecule has 0 fully saturated rings. The fourth-order valence-corrected chi connectivity index (χ4v) is 1.98. The van der Waals surface area contributed by atoms with Gasteiger partial charge in [0, 0.05) is 18.0 Å². The average molecular weight is 283 g/mol. The summed E-state index contributed by atoms with van der Waals surface area (Å²) in [6.45, 7) is 2.44. The Labute approximate surface area is 125 Å². The number of Topliss-reactive ketones (excluding diaryl/α,β-unsaturated/α-hetero) is 1. The van der Waals surface area contributed by atoms with Gasteiger partial charge in [-0.25, -0.2) is 0 Å². The Hall–Kier alpha value is -2.13. The number of hydrogen-bond donors (Lipinski definition) is 1. The van der Waals surface area contributed by atoms with E-state index in [1.165, 1.54) is 0 Å². The molecule has 2 N–H and O–H groups in total. The zero-order valence-corrected chi connectivity index (χ0v) is 12.3. The third-order valence-electron chi connectivity index (χ3n) is 3.25. The van der Waals surface area contributed by atoms with Crippen LogP contribution in [-0.4, -0.2) is 11.8 Å². The molecule has 2 aromatic carbocycles. The Morgan fingerprint density at radius 1 is 1.10 bits per heavy atom. The van der Waals surface area contributed by atoms with Gasteiger partial charge >= 0.3 is 0 Å². The summed E-state index contributed by atoms with van der Waals surface area (Å²) in [5.74, 6) is 0.893. The van der Waals surface area contributed by atoms with Crippen LogP contribution in [0.1, 0.15) is 35.7 Å². The lowest BCUT2D eigenvalue weighted by atomic mass is 10.0. The molecule has 0 saturated heterocycles. The van der Waals surface area contributed by atoms with Crippen molar-refractivity contribution in [3.8, 4) is 5.75 Å². The highest BCUT2D eigenvalue weighted by Crippen LogP contribution is 2.16. The fourth-order valence-electron chi connectivity index (χ4n) is 1.98. The number of carbonyl (C=O) groups is 1. The molecule has 0 unspecified atom stereocenters. The van der Waals surface area contributed by atoms with Gasteiger partial charge in [0.2, 0.25) is 0 Å². The molecule has 3 heteroatoms. The molecule has 0 aromatic heterocycles. The molecule has 0 spiro atoms. The highest BCUT2D eigenvalue weighted by molar-refractivity contribution is 5.96. The van der Waals surface area contributed by atoms with Crippen LogP contribution in [0.2, 0.25) is 0 Å². The number of carbonyl (C=O) groups excluding carboxylic acids is 1. The summed E-state index contributed by atoms with van der Waals surface area (Å²) >= 11 is 0. The lowest BCUT2D eigenvalue weighted by Crippen LogP contribution is -2.16. The van der Waals surface area contributed by atoms with Crippen molar-refractivity contribution in [1.82, 2.24) is 0 Å². The Balaban J connectivity index is 1.88. The van der Waals surface area contributed by atoms with Gasteiger partial charge in [0.1, 0.15) is 12.4 Å². The van der Waals surface area contributed by atoms with Crippen LogP contribution in [0.5, 0.6) is 5.75 Å². The predicted molar refractivity (Wildman–Crippen MR) is 84.4 cm³/mol. The van der Waals surface area contributed by atoms with Crippen LogP contribution >= 0.6 is 0 Å². The van der Waals surface area contributed by atoms with Crippen molar-refractivity contribution in [3.05, 3.63) is 65.7 Å². The minimum absolute atomic E-state index is 0.0578. The van der Waals surface area contributed by atoms with Crippen LogP contribution in [0.4, 0.5) is 0 Å². The normalized spacial score (nSPS) is 11.9. The van der Waals surface area contributed by atoms with Gasteiger partial charge in [-0.15, -0.1) is 0 Å². The smallest absolute Gasteiger partial charge is 0.162 e. The maximum atomic E-state index is 11.9. The van der Waals surface area contributed by atoms with E-state index in [1.54, 1.807) is 0 Å². The summed E-state index contributed by atoms with van der Waals surface area (Å²) in [6.07, 6.45) is 1.20. The number of hydrogen-bond acceptors (Lipinski definition) is 3. The molecule has 0 aliphatic carbocycles. The van der Waals surface area contributed by atoms with E-state index in [9.17, 15) is 4.79 Å². The first-order valence-electron chi connectivity index (χ1n) is 7.21. The van der Waals surface area contributed by atoms with Gasteiger partial charge in [0.25, 0.3) is 0 Å². The van der Waals surface area contributed by atoms with Crippen LogP contribution in [0.15, 0.2) is 54.6 Å². The third kappa shape index (κ3) is 5.04. The quantitative estimate of drug-likeness (QED) is 0.790. The Morgan fingerprint density at radius 3 is 2.38 bits per heavy atom. The molecule has 1 atom stereocenters. The van der Waals surface area contributed by atoms with Gasteiger partial charge in [0.15, 0.2) is 5.78 Å². The maximum Gasteiger partial charge on any atom is 0.162 e. The molecule has 0 radical (unpaired) electrons. The van der Waals surface area contributed by atoms with E-state index < -0.39 is 0 Å². The van der Waals surface area contributed by atoms with Crippen molar-refractivity contribution < 1.29 is 9.53 Å². The first kappa shape index (κ1) is 15.3. The third-order valence-corrected chi connectivity index (χ3v) is 3.25. The molecular weight excluding hydrogens is 262 g/mol. The summed E-state index contributed by atoms with van der Waals surface area (Å²) in [5.41, 5.74) is 7.50. The number of nitrogens with two attached hydrogens (primary N) is 1. The van der Waals surface area contributed by atoms with Gasteiger partial charge in [0.05, 0.1) is 0 Å². The number of ether oxygens (including phenoxy) is 1. The molecular formula is C18H21NO2. The molecule has 0 aliphatic rings. The molecule has 0 heterocycles. The lowest BCUT2D eigenvalue weighted by Gasteiger charge is -2.08. The van der Waals surface area contributed by atoms with Gasteiger partial charge in [-0.3, -0.25) is 4.79 Å². The van der Waals surface area contributed by atoms with Crippen LogP contribution < -0.4 is 10.5 Å². The topological polar surface area (TPSA) is 52.3 Å². The van der Waals surface area contributed by atoms with E-state index in [0.29, 0.717) is 25.0 Å². The Kier molecular flexibility index (Phi) is 5.52. The number of rotatable bonds is 7. The van der Waals surface area contributed by atoms with Crippen LogP contribution in [0.3, 0.4) is 0 Å². The second kappa shape index (κ2) is 7.60. The first-order valence-corrected chi connectivity index (χ1v) is 7.21. The first-order chi connectivity index (χ1) is 10.1. The summed E-state index contributed by atoms with van der Waals surface area (Å²) in [6, 6.07) is 17.3. The average Bonchev–Trinajstić information content (AvgIpc) is 2.52. The standard InChI is InChI=1S/C18H21NO2/c1-14(19)7-12-18(20)16-8-10-17(11-9-16)21-13-15-5-3-2-4-6-15/h2-6,8-11,14H,7,12-13,19H2,1H3/t14-/m1/s1. The predicted octanol–water partition coefficient (Wildman–Crippen LogP) is 3.58. The van der Waals surface area contributed by atoms with Gasteiger partial charge in [-0.1, -0.05) is 30.3 Å². The molecule has 2 rings (SSSR count).